The lowest BCUT2D eigenvalue weighted by Crippen LogP contribution is -2.14. The molecule has 22 heavy (non-hydrogen) atoms. The van der Waals surface area contributed by atoms with Crippen molar-refractivity contribution in [1.82, 2.24) is 0 Å². The fourth-order valence-corrected chi connectivity index (χ4v) is 3.36. The van der Waals surface area contributed by atoms with Gasteiger partial charge in [-0.25, -0.2) is 13.2 Å². The van der Waals surface area contributed by atoms with Crippen molar-refractivity contribution in [3.8, 4) is 5.75 Å². The Labute approximate surface area is 128 Å². The number of carbonyl (C=O) groups is 1. The highest BCUT2D eigenvalue weighted by molar-refractivity contribution is 7.92. The molecule has 7 heteroatoms. The fraction of sp³-hybridized carbons (Fsp3) is 0.133. The molecule has 0 fully saturated rings. The van der Waals surface area contributed by atoms with Crippen LogP contribution in [0.4, 0.5) is 5.69 Å². The quantitative estimate of drug-likeness (QED) is 0.802. The van der Waals surface area contributed by atoms with Crippen molar-refractivity contribution in [1.29, 1.82) is 0 Å². The summed E-state index contributed by atoms with van der Waals surface area (Å²) in [7, 11) is -3.82. The van der Waals surface area contributed by atoms with Crippen molar-refractivity contribution in [2.75, 3.05) is 4.72 Å². The molecule has 0 heterocycles. The molecule has 0 amide bonds. The Kier molecular flexibility index (Phi) is 4.09. The van der Waals surface area contributed by atoms with Crippen LogP contribution >= 0.6 is 0 Å². The minimum absolute atomic E-state index is 0.0856. The number of aromatic hydroxyl groups is 1. The molecule has 6 nitrogen and oxygen atoms in total. The molecule has 0 aliphatic rings. The van der Waals surface area contributed by atoms with E-state index in [0.29, 0.717) is 5.56 Å². The lowest BCUT2D eigenvalue weighted by Gasteiger charge is -2.11. The summed E-state index contributed by atoms with van der Waals surface area (Å²) < 4.78 is 27.0. The summed E-state index contributed by atoms with van der Waals surface area (Å²) in [6.07, 6.45) is 0. The third-order valence-electron chi connectivity index (χ3n) is 3.10. The van der Waals surface area contributed by atoms with Crippen molar-refractivity contribution in [2.45, 2.75) is 18.7 Å². The lowest BCUT2D eigenvalue weighted by molar-refractivity contribution is 0.0694. The number of hydrogen-bond donors (Lipinski definition) is 3. The van der Waals surface area contributed by atoms with Gasteiger partial charge in [0.25, 0.3) is 10.0 Å². The predicted molar refractivity (Wildman–Crippen MR) is 81.8 cm³/mol. The Morgan fingerprint density at radius 2 is 1.77 bits per heavy atom. The molecule has 116 valence electrons. The number of aryl methyl sites for hydroxylation is 2. The third-order valence-corrected chi connectivity index (χ3v) is 4.64. The van der Waals surface area contributed by atoms with E-state index in [4.69, 9.17) is 5.11 Å². The van der Waals surface area contributed by atoms with E-state index < -0.39 is 21.7 Å². The first kappa shape index (κ1) is 15.8. The molecule has 0 aromatic heterocycles. The van der Waals surface area contributed by atoms with Gasteiger partial charge in [-0.15, -0.1) is 0 Å². The zero-order chi connectivity index (χ0) is 16.5. The van der Waals surface area contributed by atoms with Gasteiger partial charge in [0.1, 0.15) is 11.3 Å². The number of rotatable bonds is 4. The van der Waals surface area contributed by atoms with Gasteiger partial charge in [-0.2, -0.15) is 0 Å². The van der Waals surface area contributed by atoms with Gasteiger partial charge in [-0.1, -0.05) is 17.7 Å². The minimum Gasteiger partial charge on any atom is -0.507 e. The molecule has 0 spiro atoms. The molecule has 2 rings (SSSR count). The van der Waals surface area contributed by atoms with Gasteiger partial charge in [0.2, 0.25) is 0 Å². The highest BCUT2D eigenvalue weighted by Gasteiger charge is 2.18. The average molecular weight is 321 g/mol. The summed E-state index contributed by atoms with van der Waals surface area (Å²) in [6.45, 7) is 3.55. The summed E-state index contributed by atoms with van der Waals surface area (Å²) in [5.41, 5.74) is 1.33. The Morgan fingerprint density at radius 3 is 2.32 bits per heavy atom. The van der Waals surface area contributed by atoms with Crippen LogP contribution in [0.1, 0.15) is 21.5 Å². The molecule has 3 N–H and O–H groups in total. The van der Waals surface area contributed by atoms with E-state index in [-0.39, 0.29) is 16.1 Å². The molecule has 0 radical (unpaired) electrons. The minimum atomic E-state index is -3.82. The number of phenols is 1. The van der Waals surface area contributed by atoms with E-state index in [1.807, 2.05) is 6.92 Å². The van der Waals surface area contributed by atoms with E-state index in [1.165, 1.54) is 12.1 Å². The van der Waals surface area contributed by atoms with Crippen molar-refractivity contribution in [3.05, 3.63) is 53.1 Å². The fourth-order valence-electron chi connectivity index (χ4n) is 2.09. The molecule has 2 aromatic carbocycles. The van der Waals surface area contributed by atoms with Crippen LogP contribution in [0.25, 0.3) is 0 Å². The smallest absolute Gasteiger partial charge is 0.339 e. The maximum Gasteiger partial charge on any atom is 0.339 e. The molecule has 0 saturated heterocycles. The van der Waals surface area contributed by atoms with Crippen LogP contribution in [0, 0.1) is 13.8 Å². The van der Waals surface area contributed by atoms with Gasteiger partial charge in [0.05, 0.1) is 10.6 Å². The molecule has 0 aliphatic carbocycles. The summed E-state index contributed by atoms with van der Waals surface area (Å²) in [5, 5.41) is 18.4. The number of benzene rings is 2. The highest BCUT2D eigenvalue weighted by Crippen LogP contribution is 2.25. The summed E-state index contributed by atoms with van der Waals surface area (Å²) in [4.78, 5) is 10.9. The van der Waals surface area contributed by atoms with Crippen LogP contribution in [-0.4, -0.2) is 24.6 Å². The third kappa shape index (κ3) is 3.20. The Morgan fingerprint density at radius 1 is 1.09 bits per heavy atom. The van der Waals surface area contributed by atoms with Crippen LogP contribution in [0.5, 0.6) is 5.75 Å². The van der Waals surface area contributed by atoms with E-state index >= 15 is 0 Å². The number of carboxylic acid groups (broad SMARTS) is 1. The number of aromatic carboxylic acids is 1. The first-order valence-electron chi connectivity index (χ1n) is 6.37. The number of nitrogens with one attached hydrogen (secondary N) is 1. The van der Waals surface area contributed by atoms with Gasteiger partial charge in [-0.3, -0.25) is 4.72 Å². The molecular weight excluding hydrogens is 306 g/mol. The highest BCUT2D eigenvalue weighted by atomic mass is 32.2. The lowest BCUT2D eigenvalue weighted by atomic mass is 10.2. The largest absolute Gasteiger partial charge is 0.507 e. The standard InChI is InChI=1S/C15H15NO5S/c1-9-3-6-14(10(2)7-9)22(20,21)16-11-4-5-12(15(18)19)13(17)8-11/h3-8,16-17H,1-2H3,(H,18,19). The monoisotopic (exact) mass is 321 g/mol. The molecular formula is C15H15NO5S. The maximum atomic E-state index is 12.4. The van der Waals surface area contributed by atoms with Gasteiger partial charge in [0, 0.05) is 6.07 Å². The second kappa shape index (κ2) is 5.69. The molecule has 0 aliphatic heterocycles. The van der Waals surface area contributed by atoms with Gasteiger partial charge >= 0.3 is 5.97 Å². The van der Waals surface area contributed by atoms with E-state index in [0.717, 1.165) is 17.7 Å². The molecule has 0 unspecified atom stereocenters. The molecule has 0 bridgehead atoms. The Hall–Kier alpha value is -2.54. The first-order chi connectivity index (χ1) is 10.2. The van der Waals surface area contributed by atoms with E-state index in [2.05, 4.69) is 4.72 Å². The van der Waals surface area contributed by atoms with Gasteiger partial charge < -0.3 is 10.2 Å². The van der Waals surface area contributed by atoms with Crippen molar-refractivity contribution >= 4 is 21.7 Å². The SMILES string of the molecule is Cc1ccc(S(=O)(=O)Nc2ccc(C(=O)O)c(O)c2)c(C)c1. The van der Waals surface area contributed by atoms with Crippen LogP contribution < -0.4 is 4.72 Å². The number of hydrogen-bond acceptors (Lipinski definition) is 4. The second-order valence-electron chi connectivity index (χ2n) is 4.91. The first-order valence-corrected chi connectivity index (χ1v) is 7.85. The average Bonchev–Trinajstić information content (AvgIpc) is 2.37. The van der Waals surface area contributed by atoms with E-state index in [9.17, 15) is 18.3 Å². The maximum absolute atomic E-state index is 12.4. The number of sulfonamides is 1. The van der Waals surface area contributed by atoms with Crippen molar-refractivity contribution in [3.63, 3.8) is 0 Å². The van der Waals surface area contributed by atoms with Crippen LogP contribution in [-0.2, 0) is 10.0 Å². The predicted octanol–water partition coefficient (Wildman–Crippen LogP) is 2.51. The Balaban J connectivity index is 2.37. The summed E-state index contributed by atoms with van der Waals surface area (Å²) in [6, 6.07) is 8.41. The van der Waals surface area contributed by atoms with Gasteiger partial charge in [0.15, 0.2) is 0 Å². The molecule has 2 aromatic rings. The van der Waals surface area contributed by atoms with Crippen LogP contribution in [0.3, 0.4) is 0 Å². The topological polar surface area (TPSA) is 104 Å². The number of anilines is 1. The second-order valence-corrected chi connectivity index (χ2v) is 6.56. The van der Waals surface area contributed by atoms with E-state index in [1.54, 1.807) is 19.1 Å². The normalized spacial score (nSPS) is 11.2. The van der Waals surface area contributed by atoms with Crippen LogP contribution in [0.15, 0.2) is 41.3 Å². The zero-order valence-electron chi connectivity index (χ0n) is 12.0. The van der Waals surface area contributed by atoms with Crippen LogP contribution in [0.2, 0.25) is 0 Å². The van der Waals surface area contributed by atoms with Crippen molar-refractivity contribution in [2.24, 2.45) is 0 Å². The summed E-state index contributed by atoms with van der Waals surface area (Å²) in [5.74, 6) is -1.80. The van der Waals surface area contributed by atoms with Crippen molar-refractivity contribution < 1.29 is 23.4 Å². The number of carboxylic acids is 1. The molecule has 0 saturated carbocycles. The molecule has 0 atom stereocenters. The summed E-state index contributed by atoms with van der Waals surface area (Å²) >= 11 is 0. The zero-order valence-corrected chi connectivity index (χ0v) is 12.8. The Bertz CT molecular complexity index is 843. The van der Waals surface area contributed by atoms with Gasteiger partial charge in [-0.05, 0) is 37.6 Å².